The number of benzene rings is 1. The molecule has 1 fully saturated rings. The summed E-state index contributed by atoms with van der Waals surface area (Å²) >= 11 is 0. The van der Waals surface area contributed by atoms with E-state index in [1.165, 1.54) is 0 Å². The Morgan fingerprint density at radius 1 is 1.16 bits per heavy atom. The van der Waals surface area contributed by atoms with Crippen LogP contribution in [0.15, 0.2) is 47.3 Å². The summed E-state index contributed by atoms with van der Waals surface area (Å²) in [4.78, 5) is 24.4. The molecule has 128 valence electrons. The maximum absolute atomic E-state index is 11.5. The number of aromatic carboxylic acids is 1. The summed E-state index contributed by atoms with van der Waals surface area (Å²) in [6.07, 6.45) is 5.12. The van der Waals surface area contributed by atoms with Crippen molar-refractivity contribution < 1.29 is 14.3 Å². The Labute approximate surface area is 144 Å². The number of nitrogens with zero attached hydrogens (tertiary/aromatic N) is 4. The third-order valence-corrected chi connectivity index (χ3v) is 4.52. The van der Waals surface area contributed by atoms with Crippen molar-refractivity contribution in [3.05, 3.63) is 54.2 Å². The molecule has 1 N–H and O–H groups in total. The van der Waals surface area contributed by atoms with Crippen LogP contribution in [0.1, 0.15) is 16.1 Å². The third-order valence-electron chi connectivity index (χ3n) is 4.52. The van der Waals surface area contributed by atoms with Gasteiger partial charge in [-0.1, -0.05) is 18.2 Å². The molecule has 3 heterocycles. The van der Waals surface area contributed by atoms with Gasteiger partial charge in [0.25, 0.3) is 0 Å². The molecule has 1 aliphatic rings. The summed E-state index contributed by atoms with van der Waals surface area (Å²) in [5.74, 6) is -0.107. The van der Waals surface area contributed by atoms with Crippen molar-refractivity contribution in [1.29, 1.82) is 0 Å². The smallest absolute Gasteiger partial charge is 0.372 e. The molecule has 1 saturated heterocycles. The van der Waals surface area contributed by atoms with E-state index in [2.05, 4.69) is 19.8 Å². The van der Waals surface area contributed by atoms with Crippen molar-refractivity contribution in [1.82, 2.24) is 14.9 Å². The van der Waals surface area contributed by atoms with E-state index in [0.717, 1.165) is 42.9 Å². The Kier molecular flexibility index (Phi) is 4.07. The molecule has 0 radical (unpaired) electrons. The number of furan rings is 1. The number of carboxylic acids is 1. The van der Waals surface area contributed by atoms with Crippen LogP contribution in [-0.2, 0) is 6.54 Å². The molecule has 0 atom stereocenters. The predicted molar refractivity (Wildman–Crippen MR) is 92.7 cm³/mol. The molecule has 0 saturated carbocycles. The second-order valence-corrected chi connectivity index (χ2v) is 6.04. The van der Waals surface area contributed by atoms with Gasteiger partial charge in [0.2, 0.25) is 5.76 Å². The number of hydrogen-bond acceptors (Lipinski definition) is 6. The topological polar surface area (TPSA) is 82.7 Å². The fraction of sp³-hybridized carbons (Fsp3) is 0.278. The molecule has 0 bridgehead atoms. The van der Waals surface area contributed by atoms with Crippen LogP contribution in [0.5, 0.6) is 0 Å². The number of rotatable bonds is 4. The number of para-hydroxylation sites is 1. The van der Waals surface area contributed by atoms with E-state index in [0.29, 0.717) is 12.1 Å². The average Bonchev–Trinajstić information content (AvgIpc) is 3.02. The summed E-state index contributed by atoms with van der Waals surface area (Å²) < 4.78 is 5.54. The van der Waals surface area contributed by atoms with Crippen molar-refractivity contribution in [3.63, 3.8) is 0 Å². The van der Waals surface area contributed by atoms with Gasteiger partial charge in [0.1, 0.15) is 11.4 Å². The summed E-state index contributed by atoms with van der Waals surface area (Å²) in [6.45, 7) is 3.88. The minimum Gasteiger partial charge on any atom is -0.475 e. The highest BCUT2D eigenvalue weighted by Gasteiger charge is 2.24. The van der Waals surface area contributed by atoms with Crippen LogP contribution in [0.4, 0.5) is 5.82 Å². The van der Waals surface area contributed by atoms with Gasteiger partial charge in [-0.3, -0.25) is 9.88 Å². The summed E-state index contributed by atoms with van der Waals surface area (Å²) in [5.41, 5.74) is 1.36. The van der Waals surface area contributed by atoms with Gasteiger partial charge in [-0.2, -0.15) is 0 Å². The van der Waals surface area contributed by atoms with E-state index in [4.69, 9.17) is 4.42 Å². The monoisotopic (exact) mass is 338 g/mol. The highest BCUT2D eigenvalue weighted by Crippen LogP contribution is 2.27. The van der Waals surface area contributed by atoms with Crippen LogP contribution in [0.25, 0.3) is 11.0 Å². The molecule has 3 aromatic rings. The van der Waals surface area contributed by atoms with Gasteiger partial charge in [0.05, 0.1) is 6.20 Å². The number of fused-ring (bicyclic) bond motifs is 1. The first-order valence-electron chi connectivity index (χ1n) is 8.19. The Morgan fingerprint density at radius 3 is 2.68 bits per heavy atom. The quantitative estimate of drug-likeness (QED) is 0.781. The number of piperazine rings is 1. The highest BCUT2D eigenvalue weighted by atomic mass is 16.4. The third kappa shape index (κ3) is 3.06. The number of hydrogen-bond donors (Lipinski definition) is 1. The van der Waals surface area contributed by atoms with E-state index < -0.39 is 5.97 Å². The first kappa shape index (κ1) is 15.6. The summed E-state index contributed by atoms with van der Waals surface area (Å²) in [7, 11) is 0. The van der Waals surface area contributed by atoms with Crippen LogP contribution in [-0.4, -0.2) is 52.1 Å². The first-order valence-corrected chi connectivity index (χ1v) is 8.19. The van der Waals surface area contributed by atoms with Gasteiger partial charge in [0, 0.05) is 56.1 Å². The van der Waals surface area contributed by atoms with Gasteiger partial charge in [-0.25, -0.2) is 9.78 Å². The van der Waals surface area contributed by atoms with Crippen LogP contribution in [0, 0.1) is 0 Å². The van der Waals surface area contributed by atoms with E-state index in [9.17, 15) is 9.90 Å². The zero-order valence-electron chi connectivity index (χ0n) is 13.6. The van der Waals surface area contributed by atoms with E-state index in [1.807, 2.05) is 18.2 Å². The van der Waals surface area contributed by atoms with Gasteiger partial charge < -0.3 is 14.4 Å². The van der Waals surface area contributed by atoms with Gasteiger partial charge >= 0.3 is 5.97 Å². The Hall–Kier alpha value is -2.93. The summed E-state index contributed by atoms with van der Waals surface area (Å²) in [5, 5.41) is 10.3. The lowest BCUT2D eigenvalue weighted by molar-refractivity contribution is 0.0661. The van der Waals surface area contributed by atoms with Crippen LogP contribution >= 0.6 is 0 Å². The molecule has 0 aliphatic carbocycles. The van der Waals surface area contributed by atoms with E-state index >= 15 is 0 Å². The van der Waals surface area contributed by atoms with Crippen molar-refractivity contribution in [2.24, 2.45) is 0 Å². The Bertz CT molecular complexity index is 886. The molecule has 0 unspecified atom stereocenters. The second kappa shape index (κ2) is 6.52. The van der Waals surface area contributed by atoms with Crippen molar-refractivity contribution >= 4 is 22.8 Å². The highest BCUT2D eigenvalue weighted by molar-refractivity contribution is 5.95. The zero-order chi connectivity index (χ0) is 17.2. The number of anilines is 1. The molecule has 2 aromatic heterocycles. The van der Waals surface area contributed by atoms with Crippen LogP contribution < -0.4 is 4.90 Å². The number of aromatic nitrogens is 2. The van der Waals surface area contributed by atoms with Crippen LogP contribution in [0.2, 0.25) is 0 Å². The maximum Gasteiger partial charge on any atom is 0.372 e. The van der Waals surface area contributed by atoms with Gasteiger partial charge in [0.15, 0.2) is 0 Å². The molecule has 1 aromatic carbocycles. The van der Waals surface area contributed by atoms with E-state index in [-0.39, 0.29) is 5.76 Å². The van der Waals surface area contributed by atoms with Gasteiger partial charge in [-0.15, -0.1) is 0 Å². The molecule has 4 rings (SSSR count). The number of carboxylic acid groups (broad SMARTS) is 1. The number of carbonyl (C=O) groups is 1. The van der Waals surface area contributed by atoms with Crippen molar-refractivity contribution in [2.75, 3.05) is 31.1 Å². The molecule has 7 heteroatoms. The predicted octanol–water partition coefficient (Wildman–Crippen LogP) is 2.24. The summed E-state index contributed by atoms with van der Waals surface area (Å²) in [6, 6.07) is 7.47. The van der Waals surface area contributed by atoms with Crippen molar-refractivity contribution in [2.45, 2.75) is 6.54 Å². The Morgan fingerprint density at radius 2 is 1.96 bits per heavy atom. The first-order chi connectivity index (χ1) is 12.2. The standard InChI is InChI=1S/C18H18N4O3/c23-18(24)17-14(13-3-1-2-4-15(13)25-17)12-21-7-9-22(10-8-21)16-11-19-5-6-20-16/h1-6,11H,7-10,12H2,(H,23,24). The molecule has 0 spiro atoms. The molecule has 0 amide bonds. The molecular weight excluding hydrogens is 320 g/mol. The van der Waals surface area contributed by atoms with Crippen LogP contribution in [0.3, 0.4) is 0 Å². The van der Waals surface area contributed by atoms with Crippen molar-refractivity contribution in [3.8, 4) is 0 Å². The Balaban J connectivity index is 1.51. The fourth-order valence-corrected chi connectivity index (χ4v) is 3.24. The molecule has 7 nitrogen and oxygen atoms in total. The average molecular weight is 338 g/mol. The molecular formula is C18H18N4O3. The normalized spacial score (nSPS) is 15.6. The van der Waals surface area contributed by atoms with Gasteiger partial charge in [-0.05, 0) is 6.07 Å². The molecule has 25 heavy (non-hydrogen) atoms. The SMILES string of the molecule is O=C(O)c1oc2ccccc2c1CN1CCN(c2cnccn2)CC1. The fourth-order valence-electron chi connectivity index (χ4n) is 3.24. The lowest BCUT2D eigenvalue weighted by Crippen LogP contribution is -2.46. The lowest BCUT2D eigenvalue weighted by atomic mass is 10.1. The second-order valence-electron chi connectivity index (χ2n) is 6.04. The lowest BCUT2D eigenvalue weighted by Gasteiger charge is -2.35. The maximum atomic E-state index is 11.5. The largest absolute Gasteiger partial charge is 0.475 e. The minimum absolute atomic E-state index is 0.0394. The zero-order valence-corrected chi connectivity index (χ0v) is 13.6. The minimum atomic E-state index is -1.02. The molecule has 1 aliphatic heterocycles. The van der Waals surface area contributed by atoms with E-state index in [1.54, 1.807) is 24.7 Å².